The molecule has 0 aliphatic rings. The third kappa shape index (κ3) is 4.58. The molecule has 26 heavy (non-hydrogen) atoms. The highest BCUT2D eigenvalue weighted by Gasteiger charge is 2.20. The third-order valence-electron chi connectivity index (χ3n) is 3.78. The average molecular weight is 377 g/mol. The molecule has 0 radical (unpaired) electrons. The molecule has 2 aromatic rings. The first kappa shape index (κ1) is 19.4. The molecule has 0 fully saturated rings. The largest absolute Gasteiger partial charge is 0.465 e. The van der Waals surface area contributed by atoms with Crippen LogP contribution in [-0.4, -0.2) is 23.9 Å². The third-order valence-corrected chi connectivity index (χ3v) is 4.01. The summed E-state index contributed by atoms with van der Waals surface area (Å²) >= 11 is 5.99. The molecule has 0 aliphatic carbocycles. The fourth-order valence-corrected chi connectivity index (χ4v) is 2.67. The van der Waals surface area contributed by atoms with Crippen LogP contribution in [0.4, 0.5) is 5.69 Å². The minimum Gasteiger partial charge on any atom is -0.465 e. The highest BCUT2D eigenvalue weighted by atomic mass is 35.5. The Kier molecular flexibility index (Phi) is 6.30. The fraction of sp³-hybridized carbons (Fsp3) is 0.222. The standard InChI is InChI=1S/C18H17ClN2O5/c1-3-16(11-5-4-6-14(19)8-11)20-17(22)12-7-13(18(23)26-2)10-15(9-12)21(24)25/h4-10,16H,3H2,1-2H3,(H,20,22). The van der Waals surface area contributed by atoms with Gasteiger partial charge in [0.25, 0.3) is 11.6 Å². The number of nitro groups is 1. The van der Waals surface area contributed by atoms with E-state index in [0.717, 1.165) is 24.8 Å². The second-order valence-electron chi connectivity index (χ2n) is 5.51. The summed E-state index contributed by atoms with van der Waals surface area (Å²) in [6.07, 6.45) is 0.588. The molecule has 0 aromatic heterocycles. The maximum atomic E-state index is 12.6. The molecule has 0 bridgehead atoms. The van der Waals surface area contributed by atoms with E-state index in [0.29, 0.717) is 11.4 Å². The lowest BCUT2D eigenvalue weighted by molar-refractivity contribution is -0.384. The van der Waals surface area contributed by atoms with Crippen LogP contribution in [0.2, 0.25) is 5.02 Å². The molecule has 0 saturated heterocycles. The summed E-state index contributed by atoms with van der Waals surface area (Å²) in [5.41, 5.74) is 0.378. The van der Waals surface area contributed by atoms with E-state index in [1.807, 2.05) is 13.0 Å². The molecule has 7 nitrogen and oxygen atoms in total. The van der Waals surface area contributed by atoms with Gasteiger partial charge in [0.2, 0.25) is 0 Å². The topological polar surface area (TPSA) is 98.5 Å². The summed E-state index contributed by atoms with van der Waals surface area (Å²) in [7, 11) is 1.16. The van der Waals surface area contributed by atoms with Crippen LogP contribution in [0.3, 0.4) is 0 Å². The van der Waals surface area contributed by atoms with Crippen LogP contribution in [0.1, 0.15) is 45.7 Å². The van der Waals surface area contributed by atoms with Crippen molar-refractivity contribution in [3.05, 3.63) is 74.3 Å². The van der Waals surface area contributed by atoms with E-state index in [-0.39, 0.29) is 22.9 Å². The highest BCUT2D eigenvalue weighted by molar-refractivity contribution is 6.30. The molecule has 2 aromatic carbocycles. The van der Waals surface area contributed by atoms with E-state index in [1.54, 1.807) is 18.2 Å². The molecule has 0 aliphatic heterocycles. The molecule has 0 spiro atoms. The Balaban J connectivity index is 2.34. The average Bonchev–Trinajstić information content (AvgIpc) is 2.64. The Hall–Kier alpha value is -2.93. The smallest absolute Gasteiger partial charge is 0.338 e. The Morgan fingerprint density at radius 1 is 1.23 bits per heavy atom. The number of esters is 1. The van der Waals surface area contributed by atoms with Gasteiger partial charge in [0.1, 0.15) is 0 Å². The number of nitro benzene ring substituents is 1. The minimum atomic E-state index is -0.760. The Labute approximate surface area is 155 Å². The van der Waals surface area contributed by atoms with Gasteiger partial charge in [-0.3, -0.25) is 14.9 Å². The van der Waals surface area contributed by atoms with E-state index in [4.69, 9.17) is 11.6 Å². The first-order valence-electron chi connectivity index (χ1n) is 7.79. The number of non-ortho nitro benzene ring substituents is 1. The van der Waals surface area contributed by atoms with Crippen LogP contribution in [0.15, 0.2) is 42.5 Å². The number of rotatable bonds is 6. The van der Waals surface area contributed by atoms with Crippen molar-refractivity contribution in [2.75, 3.05) is 7.11 Å². The van der Waals surface area contributed by atoms with Gasteiger partial charge in [-0.05, 0) is 30.2 Å². The van der Waals surface area contributed by atoms with Crippen LogP contribution in [-0.2, 0) is 4.74 Å². The maximum absolute atomic E-state index is 12.6. The molecule has 1 amide bonds. The van der Waals surface area contributed by atoms with E-state index >= 15 is 0 Å². The second-order valence-corrected chi connectivity index (χ2v) is 5.94. The number of hydrogen-bond donors (Lipinski definition) is 1. The monoisotopic (exact) mass is 376 g/mol. The summed E-state index contributed by atoms with van der Waals surface area (Å²) < 4.78 is 4.58. The number of carbonyl (C=O) groups excluding carboxylic acids is 2. The number of carbonyl (C=O) groups is 2. The fourth-order valence-electron chi connectivity index (χ4n) is 2.47. The van der Waals surface area contributed by atoms with Gasteiger partial charge in [0.05, 0.1) is 23.6 Å². The van der Waals surface area contributed by atoms with E-state index in [1.165, 1.54) is 6.07 Å². The van der Waals surface area contributed by atoms with E-state index < -0.39 is 16.8 Å². The summed E-state index contributed by atoms with van der Waals surface area (Å²) in [6.45, 7) is 1.89. The van der Waals surface area contributed by atoms with Crippen molar-refractivity contribution in [1.82, 2.24) is 5.32 Å². The van der Waals surface area contributed by atoms with Gasteiger partial charge in [0, 0.05) is 22.7 Å². The molecule has 8 heteroatoms. The van der Waals surface area contributed by atoms with Crippen molar-refractivity contribution in [1.29, 1.82) is 0 Å². The van der Waals surface area contributed by atoms with Crippen LogP contribution >= 0.6 is 11.6 Å². The number of nitrogens with zero attached hydrogens (tertiary/aromatic N) is 1. The van der Waals surface area contributed by atoms with Crippen molar-refractivity contribution >= 4 is 29.2 Å². The Morgan fingerprint density at radius 3 is 2.50 bits per heavy atom. The molecule has 136 valence electrons. The minimum absolute atomic E-state index is 0.0000723. The molecular formula is C18H17ClN2O5. The first-order valence-corrected chi connectivity index (χ1v) is 8.17. The normalized spacial score (nSPS) is 11.5. The lowest BCUT2D eigenvalue weighted by atomic mass is 10.0. The predicted octanol–water partition coefficient (Wildman–Crippen LogP) is 3.92. The molecule has 1 unspecified atom stereocenters. The van der Waals surface area contributed by atoms with Crippen LogP contribution in [0, 0.1) is 10.1 Å². The van der Waals surface area contributed by atoms with Crippen LogP contribution in [0.5, 0.6) is 0 Å². The number of methoxy groups -OCH3 is 1. The van der Waals surface area contributed by atoms with Crippen LogP contribution in [0.25, 0.3) is 0 Å². The second kappa shape index (κ2) is 8.44. The van der Waals surface area contributed by atoms with E-state index in [2.05, 4.69) is 10.1 Å². The zero-order valence-corrected chi connectivity index (χ0v) is 14.9. The van der Waals surface area contributed by atoms with Gasteiger partial charge in [-0.1, -0.05) is 30.7 Å². The summed E-state index contributed by atoms with van der Waals surface area (Å²) in [6, 6.07) is 10.2. The lowest BCUT2D eigenvalue weighted by Crippen LogP contribution is -2.28. The van der Waals surface area contributed by atoms with Crippen molar-refractivity contribution in [2.24, 2.45) is 0 Å². The molecule has 1 N–H and O–H groups in total. The maximum Gasteiger partial charge on any atom is 0.338 e. The number of benzene rings is 2. The SMILES string of the molecule is CCC(NC(=O)c1cc(C(=O)OC)cc([N+](=O)[O-])c1)c1cccc(Cl)c1. The predicted molar refractivity (Wildman–Crippen MR) is 96.4 cm³/mol. The van der Waals surface area contributed by atoms with Gasteiger partial charge < -0.3 is 10.1 Å². The summed E-state index contributed by atoms with van der Waals surface area (Å²) in [5, 5.41) is 14.4. The van der Waals surface area contributed by atoms with Gasteiger partial charge in [-0.15, -0.1) is 0 Å². The molecule has 1 atom stereocenters. The van der Waals surface area contributed by atoms with Crippen molar-refractivity contribution in [3.8, 4) is 0 Å². The zero-order chi connectivity index (χ0) is 19.3. The number of nitrogens with one attached hydrogen (secondary N) is 1. The van der Waals surface area contributed by atoms with Gasteiger partial charge >= 0.3 is 5.97 Å². The molecular weight excluding hydrogens is 360 g/mol. The lowest BCUT2D eigenvalue weighted by Gasteiger charge is -2.18. The Bertz CT molecular complexity index is 853. The quantitative estimate of drug-likeness (QED) is 0.468. The molecule has 2 rings (SSSR count). The highest BCUT2D eigenvalue weighted by Crippen LogP contribution is 2.22. The van der Waals surface area contributed by atoms with Crippen molar-refractivity contribution < 1.29 is 19.2 Å². The molecule has 0 saturated carbocycles. The van der Waals surface area contributed by atoms with Crippen LogP contribution < -0.4 is 5.32 Å². The summed E-state index contributed by atoms with van der Waals surface area (Å²) in [5.74, 6) is -1.30. The van der Waals surface area contributed by atoms with E-state index in [9.17, 15) is 19.7 Å². The molecule has 0 heterocycles. The van der Waals surface area contributed by atoms with Crippen molar-refractivity contribution in [2.45, 2.75) is 19.4 Å². The Morgan fingerprint density at radius 2 is 1.92 bits per heavy atom. The van der Waals surface area contributed by atoms with Gasteiger partial charge in [-0.2, -0.15) is 0 Å². The number of ether oxygens (including phenoxy) is 1. The van der Waals surface area contributed by atoms with Gasteiger partial charge in [0.15, 0.2) is 0 Å². The first-order chi connectivity index (χ1) is 12.3. The number of amides is 1. The van der Waals surface area contributed by atoms with Gasteiger partial charge in [-0.25, -0.2) is 4.79 Å². The number of hydrogen-bond acceptors (Lipinski definition) is 5. The number of halogens is 1. The van der Waals surface area contributed by atoms with Crippen molar-refractivity contribution in [3.63, 3.8) is 0 Å². The summed E-state index contributed by atoms with van der Waals surface area (Å²) in [4.78, 5) is 34.7. The zero-order valence-electron chi connectivity index (χ0n) is 14.2.